The van der Waals surface area contributed by atoms with E-state index < -0.39 is 50.1 Å². The molecule has 2 aliphatic rings. The van der Waals surface area contributed by atoms with Crippen molar-refractivity contribution in [3.8, 4) is 5.75 Å². The minimum atomic E-state index is -3.93. The molecule has 2 aromatic carbocycles. The number of nitrogens with two attached hydrogens (primary N) is 1. The fourth-order valence-electron chi connectivity index (χ4n) is 4.92. The number of hydrogen-bond acceptors (Lipinski definition) is 10. The molecular formula is C30H32FN6O6P. The third kappa shape index (κ3) is 6.36. The number of nitrogens with zero attached hydrogens (tertiary/aromatic N) is 4. The Hall–Kier alpha value is -4.16. The van der Waals surface area contributed by atoms with Crippen LogP contribution in [-0.4, -0.2) is 56.7 Å². The third-order valence-electron chi connectivity index (χ3n) is 7.09. The molecule has 2 unspecified atom stereocenters. The number of aromatic nitrogens is 4. The van der Waals surface area contributed by atoms with Gasteiger partial charge in [-0.25, -0.2) is 24.4 Å². The van der Waals surface area contributed by atoms with Crippen molar-refractivity contribution in [2.45, 2.75) is 44.7 Å². The van der Waals surface area contributed by atoms with Gasteiger partial charge in [-0.1, -0.05) is 62.4 Å². The predicted molar refractivity (Wildman–Crippen MR) is 159 cm³/mol. The molecule has 230 valence electrons. The number of anilines is 1. The second kappa shape index (κ2) is 12.4. The molecule has 2 aromatic heterocycles. The van der Waals surface area contributed by atoms with Crippen molar-refractivity contribution in [3.63, 3.8) is 0 Å². The Kier molecular flexibility index (Phi) is 8.46. The first-order valence-electron chi connectivity index (χ1n) is 14.1. The van der Waals surface area contributed by atoms with Gasteiger partial charge in [0.25, 0.3) is 0 Å². The molecule has 1 aliphatic heterocycles. The van der Waals surface area contributed by atoms with Crippen LogP contribution in [0, 0.1) is 5.92 Å². The van der Waals surface area contributed by atoms with E-state index in [1.54, 1.807) is 30.3 Å². The Balaban J connectivity index is 1.20. The summed E-state index contributed by atoms with van der Waals surface area (Å²) >= 11 is 0. The number of nitrogens with one attached hydrogen (secondary N) is 1. The van der Waals surface area contributed by atoms with Gasteiger partial charge in [0.15, 0.2) is 23.5 Å². The average Bonchev–Trinajstić information content (AvgIpc) is 3.33. The van der Waals surface area contributed by atoms with Crippen molar-refractivity contribution in [3.05, 3.63) is 90.3 Å². The number of hydrogen-bond donors (Lipinski definition) is 2. The lowest BCUT2D eigenvalue weighted by molar-refractivity contribution is -0.146. The van der Waals surface area contributed by atoms with E-state index in [2.05, 4.69) is 20.0 Å². The zero-order chi connectivity index (χ0) is 30.8. The molecule has 3 N–H and O–H groups in total. The summed E-state index contributed by atoms with van der Waals surface area (Å²) in [6.45, 7) is 4.05. The van der Waals surface area contributed by atoms with E-state index in [1.165, 1.54) is 17.2 Å². The van der Waals surface area contributed by atoms with Crippen molar-refractivity contribution in [2.75, 3.05) is 18.7 Å². The first-order valence-corrected chi connectivity index (χ1v) is 15.9. The highest BCUT2D eigenvalue weighted by Crippen LogP contribution is 2.54. The topological polar surface area (TPSA) is 153 Å². The van der Waals surface area contributed by atoms with Crippen molar-refractivity contribution < 1.29 is 32.5 Å². The van der Waals surface area contributed by atoms with Crippen LogP contribution in [0.4, 0.5) is 10.2 Å². The molecule has 1 saturated carbocycles. The summed E-state index contributed by atoms with van der Waals surface area (Å²) in [4.78, 5) is 25.4. The molecule has 14 heteroatoms. The van der Waals surface area contributed by atoms with Crippen LogP contribution in [0.3, 0.4) is 0 Å². The number of halogens is 1. The second-order valence-corrected chi connectivity index (χ2v) is 13.0. The quantitative estimate of drug-likeness (QED) is 0.159. The van der Waals surface area contributed by atoms with Gasteiger partial charge >= 0.3 is 13.5 Å². The molecule has 12 nitrogen and oxygen atoms in total. The van der Waals surface area contributed by atoms with E-state index in [-0.39, 0.29) is 24.8 Å². The van der Waals surface area contributed by atoms with E-state index in [0.29, 0.717) is 22.5 Å². The van der Waals surface area contributed by atoms with Gasteiger partial charge in [-0.2, -0.15) is 0 Å². The average molecular weight is 623 g/mol. The van der Waals surface area contributed by atoms with Crippen molar-refractivity contribution >= 4 is 30.5 Å². The van der Waals surface area contributed by atoms with Gasteiger partial charge in [0, 0.05) is 5.57 Å². The molecular weight excluding hydrogens is 590 g/mol. The van der Waals surface area contributed by atoms with E-state index in [4.69, 9.17) is 24.5 Å². The zero-order valence-corrected chi connectivity index (χ0v) is 25.0. The molecule has 44 heavy (non-hydrogen) atoms. The molecule has 0 saturated heterocycles. The predicted octanol–water partition coefficient (Wildman–Crippen LogP) is 4.56. The normalized spacial score (nSPS) is 21.2. The van der Waals surface area contributed by atoms with Gasteiger partial charge in [-0.3, -0.25) is 13.9 Å². The Morgan fingerprint density at radius 2 is 1.84 bits per heavy atom. The second-order valence-electron chi connectivity index (χ2n) is 11.0. The Labute approximate surface area is 252 Å². The largest absolute Gasteiger partial charge is 0.464 e. The van der Waals surface area contributed by atoms with Gasteiger partial charge in [0.2, 0.25) is 0 Å². The van der Waals surface area contributed by atoms with Crippen LogP contribution in [0.1, 0.15) is 25.6 Å². The van der Waals surface area contributed by atoms with E-state index >= 15 is 4.39 Å². The van der Waals surface area contributed by atoms with Crippen LogP contribution in [0.2, 0.25) is 0 Å². The molecule has 0 amide bonds. The maximum Gasteiger partial charge on any atom is 0.342 e. The monoisotopic (exact) mass is 622 g/mol. The standard InChI is InChI=1S/C30H32FN6O6P/c1-18(2)14-40-30(38)21(13-19-9-5-3-6-10-19)36-44(39,43-20-11-7-4-8-12-20)17-41-25-22-23(31)29(42-26(22)25)37-16-35-24-27(32)33-15-34-28(24)37/h3-12,15-16,18,21,25-26,29H,13-14,17H2,1-2H3,(H,36,39)(H2,32,33,34)/t21-,25?,26-,29+,44?/m0/s1. The van der Waals surface area contributed by atoms with Gasteiger partial charge in [0.05, 0.1) is 12.9 Å². The number of para-hydroxylation sites is 1. The van der Waals surface area contributed by atoms with Crippen LogP contribution < -0.4 is 15.3 Å². The molecule has 0 spiro atoms. The van der Waals surface area contributed by atoms with E-state index in [1.807, 2.05) is 44.2 Å². The summed E-state index contributed by atoms with van der Waals surface area (Å²) in [7, 11) is -3.93. The lowest BCUT2D eigenvalue weighted by atomic mass is 10.1. The highest BCUT2D eigenvalue weighted by molar-refractivity contribution is 7.57. The van der Waals surface area contributed by atoms with Crippen LogP contribution in [0.25, 0.3) is 11.2 Å². The number of rotatable bonds is 13. The first-order chi connectivity index (χ1) is 21.2. The van der Waals surface area contributed by atoms with Gasteiger partial charge < -0.3 is 24.5 Å². The lowest BCUT2D eigenvalue weighted by Gasteiger charge is -2.26. The summed E-state index contributed by atoms with van der Waals surface area (Å²) in [5.74, 6) is -0.529. The fraction of sp³-hybridized carbons (Fsp3) is 0.333. The minimum absolute atomic E-state index is 0.110. The minimum Gasteiger partial charge on any atom is -0.464 e. The number of carbonyl (C=O) groups excluding carboxylic acids is 1. The summed E-state index contributed by atoms with van der Waals surface area (Å²) < 4.78 is 54.6. The molecule has 5 atom stereocenters. The number of fused-ring (bicyclic) bond motifs is 2. The van der Waals surface area contributed by atoms with E-state index in [9.17, 15) is 9.36 Å². The summed E-state index contributed by atoms with van der Waals surface area (Å²) in [6, 6.07) is 16.8. The zero-order valence-electron chi connectivity index (χ0n) is 24.1. The van der Waals surface area contributed by atoms with Crippen LogP contribution in [0.5, 0.6) is 5.75 Å². The maximum atomic E-state index is 15.5. The highest BCUT2D eigenvalue weighted by Gasteiger charge is 2.58. The molecule has 1 fully saturated rings. The highest BCUT2D eigenvalue weighted by atomic mass is 31.2. The molecule has 6 rings (SSSR count). The Morgan fingerprint density at radius 1 is 1.11 bits per heavy atom. The van der Waals surface area contributed by atoms with E-state index in [0.717, 1.165) is 5.56 Å². The van der Waals surface area contributed by atoms with Crippen LogP contribution in [-0.2, 0) is 30.0 Å². The number of ether oxygens (including phenoxy) is 3. The number of imidazole rings is 1. The number of esters is 1. The molecule has 3 heterocycles. The van der Waals surface area contributed by atoms with Gasteiger partial charge in [-0.15, -0.1) is 0 Å². The summed E-state index contributed by atoms with van der Waals surface area (Å²) in [6.07, 6.45) is -0.182. The third-order valence-corrected chi connectivity index (χ3v) is 8.79. The van der Waals surface area contributed by atoms with Gasteiger partial charge in [-0.05, 0) is 30.0 Å². The van der Waals surface area contributed by atoms with Crippen LogP contribution in [0.15, 0.2) is 84.7 Å². The molecule has 0 bridgehead atoms. The number of carbonyl (C=O) groups is 1. The maximum absolute atomic E-state index is 15.5. The fourth-order valence-corrected chi connectivity index (χ4v) is 6.59. The Bertz CT molecular complexity index is 1720. The Morgan fingerprint density at radius 3 is 2.52 bits per heavy atom. The SMILES string of the molecule is CC(C)COC(=O)[C@H](Cc1ccccc1)NP(=O)(COC1C2=C(F)[C@H](n3cnc4c(N)ncnc43)O[C@@H]21)Oc1ccccc1. The lowest BCUT2D eigenvalue weighted by Crippen LogP contribution is -2.40. The molecule has 0 radical (unpaired) electrons. The van der Waals surface area contributed by atoms with Gasteiger partial charge in [0.1, 0.15) is 42.2 Å². The number of benzene rings is 2. The van der Waals surface area contributed by atoms with Crippen molar-refractivity contribution in [2.24, 2.45) is 5.92 Å². The molecule has 1 aliphatic carbocycles. The summed E-state index contributed by atoms with van der Waals surface area (Å²) in [5, 5.41) is 2.91. The van der Waals surface area contributed by atoms with Crippen molar-refractivity contribution in [1.82, 2.24) is 24.6 Å². The van der Waals surface area contributed by atoms with Crippen molar-refractivity contribution in [1.29, 1.82) is 0 Å². The first kappa shape index (κ1) is 29.9. The molecule has 4 aromatic rings. The smallest absolute Gasteiger partial charge is 0.342 e. The number of nitrogen functional groups attached to an aromatic ring is 1. The van der Waals surface area contributed by atoms with Crippen LogP contribution >= 0.6 is 7.52 Å². The summed E-state index contributed by atoms with van der Waals surface area (Å²) in [5.41, 5.74) is 7.65.